The first kappa shape index (κ1) is 21.0. The highest BCUT2D eigenvalue weighted by Crippen LogP contribution is 2.30. The molecule has 1 N–H and O–H groups in total. The number of amides is 1. The highest BCUT2D eigenvalue weighted by atomic mass is 19.4. The Bertz CT molecular complexity index is 1030. The summed E-state index contributed by atoms with van der Waals surface area (Å²) in [7, 11) is 0. The molecule has 162 valence electrons. The van der Waals surface area contributed by atoms with Crippen LogP contribution in [-0.2, 0) is 17.5 Å². The van der Waals surface area contributed by atoms with Crippen LogP contribution in [-0.4, -0.2) is 38.2 Å². The van der Waals surface area contributed by atoms with Crippen molar-refractivity contribution in [3.05, 3.63) is 72.2 Å². The number of halogens is 3. The van der Waals surface area contributed by atoms with Gasteiger partial charge in [0.25, 0.3) is 0 Å². The molecule has 1 unspecified atom stereocenters. The summed E-state index contributed by atoms with van der Waals surface area (Å²) in [5.74, 6) is 0.132. The van der Waals surface area contributed by atoms with Gasteiger partial charge in [0.1, 0.15) is 0 Å². The standard InChI is InChI=1S/C22H22F3N5O/c23-22(24,25)17-6-3-7-18(13-17)30-12-9-20(28-30)27-21(31)19-8-1-2-11-29(19)15-16-5-4-10-26-14-16/h3-7,9-10,12-14,19H,1-2,8,11,15H2,(H,27,28,31). The fourth-order valence-corrected chi connectivity index (χ4v) is 3.77. The van der Waals surface area contributed by atoms with E-state index >= 15 is 0 Å². The molecule has 1 aliphatic rings. The van der Waals surface area contributed by atoms with Crippen molar-refractivity contribution in [2.45, 2.75) is 38.0 Å². The minimum Gasteiger partial charge on any atom is -0.308 e. The van der Waals surface area contributed by atoms with Gasteiger partial charge in [-0.15, -0.1) is 0 Å². The Morgan fingerprint density at radius 2 is 2.03 bits per heavy atom. The number of aromatic nitrogens is 3. The van der Waals surface area contributed by atoms with Gasteiger partial charge in [-0.2, -0.15) is 18.3 Å². The summed E-state index contributed by atoms with van der Waals surface area (Å²) in [4.78, 5) is 19.2. The van der Waals surface area contributed by atoms with Gasteiger partial charge < -0.3 is 5.32 Å². The van der Waals surface area contributed by atoms with Crippen LogP contribution >= 0.6 is 0 Å². The van der Waals surface area contributed by atoms with E-state index in [1.807, 2.05) is 12.1 Å². The number of hydrogen-bond acceptors (Lipinski definition) is 4. The van der Waals surface area contributed by atoms with Gasteiger partial charge in [-0.1, -0.05) is 18.6 Å². The van der Waals surface area contributed by atoms with Crippen LogP contribution in [0.5, 0.6) is 0 Å². The maximum Gasteiger partial charge on any atom is 0.416 e. The van der Waals surface area contributed by atoms with Crippen LogP contribution in [0.15, 0.2) is 61.1 Å². The Kier molecular flexibility index (Phi) is 6.03. The van der Waals surface area contributed by atoms with Crippen molar-refractivity contribution < 1.29 is 18.0 Å². The molecule has 0 saturated carbocycles. The lowest BCUT2D eigenvalue weighted by Crippen LogP contribution is -2.46. The molecule has 1 aromatic carbocycles. The number of benzene rings is 1. The van der Waals surface area contributed by atoms with Gasteiger partial charge >= 0.3 is 6.18 Å². The Morgan fingerprint density at radius 3 is 2.81 bits per heavy atom. The lowest BCUT2D eigenvalue weighted by Gasteiger charge is -2.34. The van der Waals surface area contributed by atoms with E-state index in [2.05, 4.69) is 20.3 Å². The molecule has 9 heteroatoms. The van der Waals surface area contributed by atoms with Crippen molar-refractivity contribution in [1.29, 1.82) is 0 Å². The molecule has 0 spiro atoms. The number of carbonyl (C=O) groups excluding carboxylic acids is 1. The summed E-state index contributed by atoms with van der Waals surface area (Å²) in [6, 6.07) is 10.0. The van der Waals surface area contributed by atoms with Crippen LogP contribution in [0.25, 0.3) is 5.69 Å². The second-order valence-electron chi connectivity index (χ2n) is 7.53. The minimum atomic E-state index is -4.43. The van der Waals surface area contributed by atoms with E-state index in [9.17, 15) is 18.0 Å². The molecule has 1 fully saturated rings. The van der Waals surface area contributed by atoms with Crippen molar-refractivity contribution in [3.63, 3.8) is 0 Å². The van der Waals surface area contributed by atoms with Crippen molar-refractivity contribution >= 4 is 11.7 Å². The van der Waals surface area contributed by atoms with Gasteiger partial charge in [0, 0.05) is 31.2 Å². The highest BCUT2D eigenvalue weighted by Gasteiger charge is 2.31. The quantitative estimate of drug-likeness (QED) is 0.658. The Balaban J connectivity index is 1.46. The maximum atomic E-state index is 13.0. The SMILES string of the molecule is O=C(Nc1ccn(-c2cccc(C(F)(F)F)c2)n1)C1CCCCN1Cc1cccnc1. The molecule has 4 rings (SSSR count). The van der Waals surface area contributed by atoms with Crippen molar-refractivity contribution in [2.75, 3.05) is 11.9 Å². The summed E-state index contributed by atoms with van der Waals surface area (Å²) < 4.78 is 40.2. The molecular weight excluding hydrogens is 407 g/mol. The number of piperidine rings is 1. The van der Waals surface area contributed by atoms with Gasteiger partial charge in [-0.25, -0.2) is 4.68 Å². The second-order valence-corrected chi connectivity index (χ2v) is 7.53. The number of alkyl halides is 3. The van der Waals surface area contributed by atoms with Crippen LogP contribution in [0.4, 0.5) is 19.0 Å². The minimum absolute atomic E-state index is 0.169. The topological polar surface area (TPSA) is 63.1 Å². The van der Waals surface area contributed by atoms with Crippen molar-refractivity contribution in [2.24, 2.45) is 0 Å². The van der Waals surface area contributed by atoms with Gasteiger partial charge in [0.2, 0.25) is 5.91 Å². The number of carbonyl (C=O) groups is 1. The smallest absolute Gasteiger partial charge is 0.308 e. The zero-order valence-electron chi connectivity index (χ0n) is 16.7. The average molecular weight is 429 g/mol. The van der Waals surface area contributed by atoms with Crippen LogP contribution in [0.1, 0.15) is 30.4 Å². The number of likely N-dealkylation sites (tertiary alicyclic amines) is 1. The van der Waals surface area contributed by atoms with E-state index in [1.165, 1.54) is 23.0 Å². The van der Waals surface area contributed by atoms with Gasteiger partial charge in [-0.05, 0) is 49.2 Å². The van der Waals surface area contributed by atoms with E-state index < -0.39 is 11.7 Å². The van der Waals surface area contributed by atoms with Gasteiger partial charge in [0.15, 0.2) is 5.82 Å². The fraction of sp³-hybridized carbons (Fsp3) is 0.318. The van der Waals surface area contributed by atoms with Crippen molar-refractivity contribution in [3.8, 4) is 5.69 Å². The van der Waals surface area contributed by atoms with E-state index in [4.69, 9.17) is 0 Å². The van der Waals surface area contributed by atoms with E-state index in [0.717, 1.165) is 43.5 Å². The first-order chi connectivity index (χ1) is 14.9. The molecule has 31 heavy (non-hydrogen) atoms. The Hall–Kier alpha value is -3.20. The average Bonchev–Trinajstić information content (AvgIpc) is 3.23. The summed E-state index contributed by atoms with van der Waals surface area (Å²) in [5.41, 5.74) is 0.557. The number of rotatable bonds is 5. The molecular formula is C22H22F3N5O. The summed E-state index contributed by atoms with van der Waals surface area (Å²) in [6.07, 6.45) is 3.32. The maximum absolute atomic E-state index is 13.0. The molecule has 0 radical (unpaired) electrons. The summed E-state index contributed by atoms with van der Waals surface area (Å²) >= 11 is 0. The molecule has 0 aliphatic carbocycles. The number of hydrogen-bond donors (Lipinski definition) is 1. The molecule has 1 atom stereocenters. The predicted octanol–water partition coefficient (Wildman–Crippen LogP) is 4.28. The number of pyridine rings is 1. The van der Waals surface area contributed by atoms with Crippen LogP contribution < -0.4 is 5.32 Å². The van der Waals surface area contributed by atoms with Gasteiger partial charge in [0.05, 0.1) is 17.3 Å². The fourth-order valence-electron chi connectivity index (χ4n) is 3.77. The third kappa shape index (κ3) is 5.11. The molecule has 1 saturated heterocycles. The Morgan fingerprint density at radius 1 is 1.16 bits per heavy atom. The number of anilines is 1. The molecule has 1 amide bonds. The zero-order chi connectivity index (χ0) is 21.8. The van der Waals surface area contributed by atoms with Crippen LogP contribution in [0.3, 0.4) is 0 Å². The molecule has 3 aromatic rings. The highest BCUT2D eigenvalue weighted by molar-refractivity contribution is 5.94. The van der Waals surface area contributed by atoms with Crippen LogP contribution in [0, 0.1) is 0 Å². The molecule has 6 nitrogen and oxygen atoms in total. The first-order valence-electron chi connectivity index (χ1n) is 10.1. The zero-order valence-corrected chi connectivity index (χ0v) is 16.7. The lowest BCUT2D eigenvalue weighted by atomic mass is 10.0. The van der Waals surface area contributed by atoms with Crippen molar-refractivity contribution in [1.82, 2.24) is 19.7 Å². The third-order valence-corrected chi connectivity index (χ3v) is 5.30. The van der Waals surface area contributed by atoms with E-state index in [1.54, 1.807) is 18.5 Å². The lowest BCUT2D eigenvalue weighted by molar-refractivity contribution is -0.137. The number of nitrogens with zero attached hydrogens (tertiary/aromatic N) is 4. The monoisotopic (exact) mass is 429 g/mol. The summed E-state index contributed by atoms with van der Waals surface area (Å²) in [5, 5.41) is 7.05. The van der Waals surface area contributed by atoms with E-state index in [-0.39, 0.29) is 17.6 Å². The molecule has 2 aromatic heterocycles. The molecule has 0 bridgehead atoms. The normalized spacial score (nSPS) is 17.5. The van der Waals surface area contributed by atoms with Crippen LogP contribution in [0.2, 0.25) is 0 Å². The van der Waals surface area contributed by atoms with Gasteiger partial charge in [-0.3, -0.25) is 14.7 Å². The summed E-state index contributed by atoms with van der Waals surface area (Å²) in [6.45, 7) is 1.44. The van der Waals surface area contributed by atoms with E-state index in [0.29, 0.717) is 12.4 Å². The third-order valence-electron chi connectivity index (χ3n) is 5.30. The molecule has 3 heterocycles. The second kappa shape index (κ2) is 8.89. The Labute approximate surface area is 177 Å². The largest absolute Gasteiger partial charge is 0.416 e. The first-order valence-corrected chi connectivity index (χ1v) is 10.1. The molecule has 1 aliphatic heterocycles. The number of nitrogens with one attached hydrogen (secondary N) is 1. The predicted molar refractivity (Wildman–Crippen MR) is 109 cm³/mol.